The molecule has 0 bridgehead atoms. The summed E-state index contributed by atoms with van der Waals surface area (Å²) in [6, 6.07) is 9.15. The van der Waals surface area contributed by atoms with Crippen LogP contribution in [0.2, 0.25) is 5.02 Å². The minimum atomic E-state index is -0.220. The maximum atomic E-state index is 11.8. The van der Waals surface area contributed by atoms with E-state index in [2.05, 4.69) is 10.4 Å². The first-order chi connectivity index (χ1) is 9.06. The van der Waals surface area contributed by atoms with Crippen molar-refractivity contribution in [2.45, 2.75) is 6.92 Å². The smallest absolute Gasteiger partial charge is 0.249 e. The molecule has 5 heteroatoms. The van der Waals surface area contributed by atoms with E-state index in [9.17, 15) is 4.79 Å². The van der Waals surface area contributed by atoms with Crippen LogP contribution < -0.4 is 5.32 Å². The van der Waals surface area contributed by atoms with Gasteiger partial charge in [-0.1, -0.05) is 29.8 Å². The summed E-state index contributed by atoms with van der Waals surface area (Å²) in [4.78, 5) is 11.8. The number of hydrogen-bond donors (Lipinski definition) is 1. The Kier molecular flexibility index (Phi) is 4.02. The average molecular weight is 276 g/mol. The first kappa shape index (κ1) is 13.4. The van der Waals surface area contributed by atoms with Gasteiger partial charge in [-0.3, -0.25) is 9.48 Å². The number of amides is 1. The van der Waals surface area contributed by atoms with Gasteiger partial charge in [0.25, 0.3) is 0 Å². The molecule has 1 aromatic carbocycles. The van der Waals surface area contributed by atoms with Gasteiger partial charge in [0.15, 0.2) is 0 Å². The fraction of sp³-hybridized carbons (Fsp3) is 0.143. The Morgan fingerprint density at radius 2 is 2.16 bits per heavy atom. The number of rotatable bonds is 3. The Labute approximate surface area is 116 Å². The molecule has 0 aliphatic carbocycles. The van der Waals surface area contributed by atoms with E-state index in [1.54, 1.807) is 29.9 Å². The maximum absolute atomic E-state index is 11.8. The second kappa shape index (κ2) is 5.71. The third-order valence-corrected chi connectivity index (χ3v) is 2.92. The summed E-state index contributed by atoms with van der Waals surface area (Å²) < 4.78 is 1.62. The van der Waals surface area contributed by atoms with Crippen molar-refractivity contribution in [1.29, 1.82) is 0 Å². The van der Waals surface area contributed by atoms with Crippen molar-refractivity contribution in [2.75, 3.05) is 5.32 Å². The summed E-state index contributed by atoms with van der Waals surface area (Å²) in [5, 5.41) is 7.52. The number of carbonyl (C=O) groups excluding carboxylic acids is 1. The molecular formula is C14H14ClN3O. The second-order valence-electron chi connectivity index (χ2n) is 4.14. The number of benzene rings is 1. The molecule has 2 aromatic rings. The predicted octanol–water partition coefficient (Wildman–Crippen LogP) is 3.03. The third-order valence-electron chi connectivity index (χ3n) is 2.57. The van der Waals surface area contributed by atoms with Gasteiger partial charge < -0.3 is 5.32 Å². The number of aryl methyl sites for hydroxylation is 2. The van der Waals surface area contributed by atoms with Gasteiger partial charge in [0, 0.05) is 24.2 Å². The third kappa shape index (κ3) is 3.45. The average Bonchev–Trinajstić information content (AvgIpc) is 2.67. The summed E-state index contributed by atoms with van der Waals surface area (Å²) in [5.41, 5.74) is 1.66. The van der Waals surface area contributed by atoms with Crippen LogP contribution >= 0.6 is 11.6 Å². The summed E-state index contributed by atoms with van der Waals surface area (Å²) in [7, 11) is 1.78. The molecule has 0 fully saturated rings. The molecule has 0 radical (unpaired) electrons. The highest BCUT2D eigenvalue weighted by atomic mass is 35.5. The van der Waals surface area contributed by atoms with E-state index in [0.717, 1.165) is 11.3 Å². The molecule has 1 amide bonds. The van der Waals surface area contributed by atoms with E-state index in [0.29, 0.717) is 10.8 Å². The monoisotopic (exact) mass is 275 g/mol. The lowest BCUT2D eigenvalue weighted by molar-refractivity contribution is -0.111. The molecule has 2 rings (SSSR count). The zero-order valence-electron chi connectivity index (χ0n) is 10.7. The second-order valence-corrected chi connectivity index (χ2v) is 4.55. The van der Waals surface area contributed by atoms with Crippen molar-refractivity contribution in [3.63, 3.8) is 0 Å². The van der Waals surface area contributed by atoms with Crippen LogP contribution in [0.3, 0.4) is 0 Å². The Balaban J connectivity index is 2.06. The van der Waals surface area contributed by atoms with Crippen molar-refractivity contribution >= 4 is 29.4 Å². The highest BCUT2D eigenvalue weighted by Crippen LogP contribution is 2.16. The highest BCUT2D eigenvalue weighted by Gasteiger charge is 2.04. The largest absolute Gasteiger partial charge is 0.307 e. The minimum Gasteiger partial charge on any atom is -0.307 e. The fourth-order valence-corrected chi connectivity index (χ4v) is 1.87. The quantitative estimate of drug-likeness (QED) is 0.875. The number of aromatic nitrogens is 2. The summed E-state index contributed by atoms with van der Waals surface area (Å²) in [6.07, 6.45) is 3.13. The number of hydrogen-bond acceptors (Lipinski definition) is 2. The van der Waals surface area contributed by atoms with Crippen LogP contribution in [0.4, 0.5) is 5.82 Å². The standard InChI is InChI=1S/C14H14ClN3O/c1-10-9-13(18(2)17-10)16-14(19)8-7-11-5-3-4-6-12(11)15/h3-9H,1-2H3,(H,16,19)/b8-7+. The van der Waals surface area contributed by atoms with E-state index in [4.69, 9.17) is 11.6 Å². The van der Waals surface area contributed by atoms with E-state index >= 15 is 0 Å². The van der Waals surface area contributed by atoms with Gasteiger partial charge >= 0.3 is 0 Å². The highest BCUT2D eigenvalue weighted by molar-refractivity contribution is 6.32. The summed E-state index contributed by atoms with van der Waals surface area (Å²) >= 11 is 6.00. The van der Waals surface area contributed by atoms with Crippen LogP contribution in [0.15, 0.2) is 36.4 Å². The molecule has 0 atom stereocenters. The lowest BCUT2D eigenvalue weighted by Gasteiger charge is -2.01. The van der Waals surface area contributed by atoms with Gasteiger partial charge in [-0.2, -0.15) is 5.10 Å². The normalized spacial score (nSPS) is 10.9. The van der Waals surface area contributed by atoms with Crippen molar-refractivity contribution < 1.29 is 4.79 Å². The van der Waals surface area contributed by atoms with Gasteiger partial charge in [-0.05, 0) is 24.6 Å². The van der Waals surface area contributed by atoms with Crippen LogP contribution in [0.25, 0.3) is 6.08 Å². The van der Waals surface area contributed by atoms with Crippen molar-refractivity contribution in [2.24, 2.45) is 7.05 Å². The SMILES string of the molecule is Cc1cc(NC(=O)/C=C/c2ccccc2Cl)n(C)n1. The lowest BCUT2D eigenvalue weighted by atomic mass is 10.2. The molecule has 0 aliphatic rings. The maximum Gasteiger partial charge on any atom is 0.249 e. The van der Waals surface area contributed by atoms with Gasteiger partial charge in [-0.15, -0.1) is 0 Å². The zero-order chi connectivity index (χ0) is 13.8. The minimum absolute atomic E-state index is 0.220. The van der Waals surface area contributed by atoms with Crippen LogP contribution in [0, 0.1) is 6.92 Å². The van der Waals surface area contributed by atoms with Crippen molar-refractivity contribution in [3.8, 4) is 0 Å². The van der Waals surface area contributed by atoms with Crippen LogP contribution in [0.1, 0.15) is 11.3 Å². The molecule has 0 saturated carbocycles. The zero-order valence-corrected chi connectivity index (χ0v) is 11.5. The Morgan fingerprint density at radius 3 is 2.79 bits per heavy atom. The molecular weight excluding hydrogens is 262 g/mol. The Bertz CT molecular complexity index is 631. The van der Waals surface area contributed by atoms with Crippen LogP contribution in [-0.4, -0.2) is 15.7 Å². The van der Waals surface area contributed by atoms with Crippen molar-refractivity contribution in [3.05, 3.63) is 52.7 Å². The van der Waals surface area contributed by atoms with E-state index in [1.165, 1.54) is 6.08 Å². The van der Waals surface area contributed by atoms with Gasteiger partial charge in [0.1, 0.15) is 5.82 Å². The topological polar surface area (TPSA) is 46.9 Å². The lowest BCUT2D eigenvalue weighted by Crippen LogP contribution is -2.11. The molecule has 0 unspecified atom stereocenters. The molecule has 0 aliphatic heterocycles. The number of carbonyl (C=O) groups is 1. The van der Waals surface area contributed by atoms with E-state index in [-0.39, 0.29) is 5.91 Å². The van der Waals surface area contributed by atoms with Gasteiger partial charge in [0.05, 0.1) is 5.69 Å². The fourth-order valence-electron chi connectivity index (χ4n) is 1.67. The molecule has 1 heterocycles. The summed E-state index contributed by atoms with van der Waals surface area (Å²) in [6.45, 7) is 1.87. The van der Waals surface area contributed by atoms with Gasteiger partial charge in [-0.25, -0.2) is 0 Å². The first-order valence-electron chi connectivity index (χ1n) is 5.80. The van der Waals surface area contributed by atoms with Crippen LogP contribution in [-0.2, 0) is 11.8 Å². The molecule has 1 aromatic heterocycles. The number of nitrogens with one attached hydrogen (secondary N) is 1. The van der Waals surface area contributed by atoms with Crippen molar-refractivity contribution in [1.82, 2.24) is 9.78 Å². The Morgan fingerprint density at radius 1 is 1.42 bits per heavy atom. The molecule has 1 N–H and O–H groups in total. The van der Waals surface area contributed by atoms with E-state index < -0.39 is 0 Å². The molecule has 98 valence electrons. The molecule has 4 nitrogen and oxygen atoms in total. The number of nitrogens with zero attached hydrogens (tertiary/aromatic N) is 2. The first-order valence-corrected chi connectivity index (χ1v) is 6.18. The molecule has 0 saturated heterocycles. The number of halogens is 1. The van der Waals surface area contributed by atoms with Crippen LogP contribution in [0.5, 0.6) is 0 Å². The van der Waals surface area contributed by atoms with E-state index in [1.807, 2.05) is 25.1 Å². The Hall–Kier alpha value is -2.07. The summed E-state index contributed by atoms with van der Waals surface area (Å²) in [5.74, 6) is 0.439. The van der Waals surface area contributed by atoms with Gasteiger partial charge in [0.2, 0.25) is 5.91 Å². The molecule has 19 heavy (non-hydrogen) atoms. The molecule has 0 spiro atoms. The predicted molar refractivity (Wildman–Crippen MR) is 77.1 cm³/mol. The number of anilines is 1.